The number of anilines is 1. The van der Waals surface area contributed by atoms with Crippen LogP contribution in [0.2, 0.25) is 10.0 Å². The van der Waals surface area contributed by atoms with Crippen molar-refractivity contribution in [2.24, 2.45) is 14.1 Å². The molecule has 1 amide bonds. The summed E-state index contributed by atoms with van der Waals surface area (Å²) in [6.45, 7) is 1.38. The van der Waals surface area contributed by atoms with Crippen molar-refractivity contribution < 1.29 is 19.4 Å². The van der Waals surface area contributed by atoms with E-state index in [9.17, 15) is 19.5 Å². The van der Waals surface area contributed by atoms with Gasteiger partial charge in [0.2, 0.25) is 5.88 Å². The van der Waals surface area contributed by atoms with Gasteiger partial charge in [-0.15, -0.1) is 0 Å². The minimum Gasteiger partial charge on any atom is -0.481 e. The number of amides is 1. The Hall–Kier alpha value is -4.00. The van der Waals surface area contributed by atoms with Crippen molar-refractivity contribution in [3.05, 3.63) is 96.2 Å². The maximum Gasteiger partial charge on any atom is 0.330 e. The molecule has 1 aliphatic heterocycles. The number of pyridine rings is 1. The summed E-state index contributed by atoms with van der Waals surface area (Å²) in [6, 6.07) is 12.1. The predicted octanol–water partition coefficient (Wildman–Crippen LogP) is 4.11. The predicted molar refractivity (Wildman–Crippen MR) is 176 cm³/mol. The first kappa shape index (κ1) is 32.0. The molecule has 1 aliphatic carbocycles. The molecule has 3 heterocycles. The monoisotopic (exact) mass is 665 g/mol. The SMILES string of the molecule is COc1nc(-c2cccc(-c3cccc(NC(=O)c4cn(C)c(=O)n(C)c4=O)c3Cl)c2Cl)cc2c1C(NCC1CCCO1)C(O)C2. The number of aliphatic hydroxyl groups excluding tert-OH is 1. The highest BCUT2D eigenvalue weighted by Crippen LogP contribution is 2.44. The van der Waals surface area contributed by atoms with Crippen LogP contribution < -0.4 is 26.6 Å². The van der Waals surface area contributed by atoms with Crippen LogP contribution in [0.3, 0.4) is 0 Å². The van der Waals surface area contributed by atoms with Gasteiger partial charge < -0.3 is 29.8 Å². The number of aliphatic hydroxyl groups is 1. The maximum absolute atomic E-state index is 13.1. The molecule has 6 rings (SSSR count). The topological polar surface area (TPSA) is 137 Å². The number of ether oxygens (including phenoxy) is 2. The van der Waals surface area contributed by atoms with E-state index in [1.165, 1.54) is 20.3 Å². The van der Waals surface area contributed by atoms with Gasteiger partial charge in [0.25, 0.3) is 11.5 Å². The fraction of sp³-hybridized carbons (Fsp3) is 0.333. The molecule has 2 aliphatic rings. The molecule has 0 radical (unpaired) electrons. The molecule has 1 saturated heterocycles. The van der Waals surface area contributed by atoms with E-state index < -0.39 is 23.3 Å². The third-order valence-corrected chi connectivity index (χ3v) is 9.33. The Balaban J connectivity index is 1.32. The highest BCUT2D eigenvalue weighted by atomic mass is 35.5. The van der Waals surface area contributed by atoms with Crippen LogP contribution >= 0.6 is 23.2 Å². The molecule has 3 N–H and O–H groups in total. The molecule has 0 bridgehead atoms. The molecule has 3 atom stereocenters. The van der Waals surface area contributed by atoms with E-state index in [-0.39, 0.29) is 28.4 Å². The number of carbonyl (C=O) groups is 1. The second-order valence-electron chi connectivity index (χ2n) is 11.5. The van der Waals surface area contributed by atoms with Crippen LogP contribution in [0.4, 0.5) is 5.69 Å². The fourth-order valence-electron chi connectivity index (χ4n) is 6.14. The van der Waals surface area contributed by atoms with Gasteiger partial charge in [0.15, 0.2) is 0 Å². The zero-order valence-electron chi connectivity index (χ0n) is 25.5. The van der Waals surface area contributed by atoms with Crippen molar-refractivity contribution in [2.45, 2.75) is 37.5 Å². The van der Waals surface area contributed by atoms with Gasteiger partial charge in [0.1, 0.15) is 5.56 Å². The molecule has 1 fully saturated rings. The molecule has 46 heavy (non-hydrogen) atoms. The molecule has 13 heteroatoms. The number of nitrogens with one attached hydrogen (secondary N) is 2. The van der Waals surface area contributed by atoms with Crippen molar-refractivity contribution in [3.63, 3.8) is 0 Å². The Kier molecular flexibility index (Phi) is 9.04. The van der Waals surface area contributed by atoms with Gasteiger partial charge in [-0.1, -0.05) is 53.5 Å². The molecule has 4 aromatic rings. The largest absolute Gasteiger partial charge is 0.481 e. The number of fused-ring (bicyclic) bond motifs is 1. The first-order valence-electron chi connectivity index (χ1n) is 14.9. The lowest BCUT2D eigenvalue weighted by atomic mass is 9.99. The normalized spacial score (nSPS) is 18.9. The number of aryl methyl sites for hydroxylation is 1. The van der Waals surface area contributed by atoms with E-state index >= 15 is 0 Å². The third kappa shape index (κ3) is 5.85. The van der Waals surface area contributed by atoms with Gasteiger partial charge in [0.05, 0.1) is 46.8 Å². The van der Waals surface area contributed by atoms with E-state index in [0.29, 0.717) is 46.3 Å². The lowest BCUT2D eigenvalue weighted by molar-refractivity contribution is 0.0920. The second kappa shape index (κ2) is 13.0. The van der Waals surface area contributed by atoms with Crippen molar-refractivity contribution in [3.8, 4) is 28.3 Å². The van der Waals surface area contributed by atoms with Crippen LogP contribution in [0.5, 0.6) is 5.88 Å². The Morgan fingerprint density at radius 1 is 1.11 bits per heavy atom. The number of benzene rings is 2. The van der Waals surface area contributed by atoms with Gasteiger partial charge in [-0.05, 0) is 30.5 Å². The molecule has 240 valence electrons. The van der Waals surface area contributed by atoms with E-state index in [4.69, 9.17) is 37.7 Å². The Morgan fingerprint density at radius 3 is 2.54 bits per heavy atom. The summed E-state index contributed by atoms with van der Waals surface area (Å²) < 4.78 is 13.5. The summed E-state index contributed by atoms with van der Waals surface area (Å²) in [5.41, 5.74) is 2.85. The standard InChI is InChI=1S/C33H33Cl2N5O6/c1-39-16-22(32(43)40(2)33(39)44)30(42)37-23-11-5-9-20(28(23)35)19-8-4-10-21(27(19)34)24-13-17-14-25(41)29(26(17)31(38-24)45-3)36-15-18-7-6-12-46-18/h4-5,8-11,13,16,18,25,29,36,41H,6-7,12,14-15H2,1-3H3,(H,37,42). The number of carbonyl (C=O) groups excluding carboxylic acids is 1. The summed E-state index contributed by atoms with van der Waals surface area (Å²) in [4.78, 5) is 42.6. The first-order chi connectivity index (χ1) is 22.1. The van der Waals surface area contributed by atoms with Crippen LogP contribution in [-0.4, -0.2) is 57.6 Å². The number of halogens is 2. The average Bonchev–Trinajstić information content (AvgIpc) is 3.68. The van der Waals surface area contributed by atoms with Gasteiger partial charge >= 0.3 is 5.69 Å². The Labute approximate surface area is 274 Å². The highest BCUT2D eigenvalue weighted by molar-refractivity contribution is 6.39. The number of hydrogen-bond donors (Lipinski definition) is 3. The quantitative estimate of drug-likeness (QED) is 0.256. The second-order valence-corrected chi connectivity index (χ2v) is 12.2. The number of rotatable bonds is 8. The molecule has 0 saturated carbocycles. The average molecular weight is 667 g/mol. The van der Waals surface area contributed by atoms with Gasteiger partial charge in [-0.2, -0.15) is 0 Å². The van der Waals surface area contributed by atoms with Crippen LogP contribution in [0.15, 0.2) is 58.3 Å². The lowest BCUT2D eigenvalue weighted by Gasteiger charge is -2.21. The van der Waals surface area contributed by atoms with Gasteiger partial charge in [-0.25, -0.2) is 9.78 Å². The molecule has 2 aromatic heterocycles. The van der Waals surface area contributed by atoms with Crippen molar-refractivity contribution >= 4 is 34.8 Å². The van der Waals surface area contributed by atoms with Crippen molar-refractivity contribution in [1.29, 1.82) is 0 Å². The minimum atomic E-state index is -0.724. The lowest BCUT2D eigenvalue weighted by Crippen LogP contribution is -2.40. The van der Waals surface area contributed by atoms with Crippen LogP contribution in [0.25, 0.3) is 22.4 Å². The van der Waals surface area contributed by atoms with E-state index in [1.807, 2.05) is 18.2 Å². The zero-order chi connectivity index (χ0) is 32.7. The van der Waals surface area contributed by atoms with Gasteiger partial charge in [0, 0.05) is 62.1 Å². The summed E-state index contributed by atoms with van der Waals surface area (Å²) in [5.74, 6) is -0.307. The van der Waals surface area contributed by atoms with E-state index in [0.717, 1.165) is 39.7 Å². The zero-order valence-corrected chi connectivity index (χ0v) is 27.0. The smallest absolute Gasteiger partial charge is 0.330 e. The molecule has 3 unspecified atom stereocenters. The molecular formula is C33H33Cl2N5O6. The molecule has 2 aromatic carbocycles. The van der Waals surface area contributed by atoms with Crippen molar-refractivity contribution in [1.82, 2.24) is 19.4 Å². The summed E-state index contributed by atoms with van der Waals surface area (Å²) >= 11 is 13.8. The number of nitrogens with zero attached hydrogens (tertiary/aromatic N) is 3. The summed E-state index contributed by atoms with van der Waals surface area (Å²) in [7, 11) is 4.31. The highest BCUT2D eigenvalue weighted by Gasteiger charge is 2.36. The summed E-state index contributed by atoms with van der Waals surface area (Å²) in [5, 5.41) is 17.7. The third-order valence-electron chi connectivity index (χ3n) is 8.52. The number of methoxy groups -OCH3 is 1. The summed E-state index contributed by atoms with van der Waals surface area (Å²) in [6.07, 6.45) is 3.11. The number of hydrogen-bond acceptors (Lipinski definition) is 8. The molecule has 0 spiro atoms. The Bertz CT molecular complexity index is 1950. The Morgan fingerprint density at radius 2 is 1.83 bits per heavy atom. The molecule has 11 nitrogen and oxygen atoms in total. The van der Waals surface area contributed by atoms with Gasteiger partial charge in [-0.3, -0.25) is 14.2 Å². The fourth-order valence-corrected chi connectivity index (χ4v) is 6.74. The van der Waals surface area contributed by atoms with Crippen molar-refractivity contribution in [2.75, 3.05) is 25.6 Å². The van der Waals surface area contributed by atoms with Crippen LogP contribution in [0, 0.1) is 0 Å². The number of aromatic nitrogens is 3. The maximum atomic E-state index is 13.1. The minimum absolute atomic E-state index is 0.121. The van der Waals surface area contributed by atoms with Crippen LogP contribution in [-0.2, 0) is 25.3 Å². The van der Waals surface area contributed by atoms with E-state index in [2.05, 4.69) is 10.6 Å². The molecular weight excluding hydrogens is 633 g/mol. The first-order valence-corrected chi connectivity index (χ1v) is 15.6. The van der Waals surface area contributed by atoms with E-state index in [1.54, 1.807) is 31.4 Å². The van der Waals surface area contributed by atoms with Crippen LogP contribution in [0.1, 0.15) is 40.4 Å².